The second-order valence-electron chi connectivity index (χ2n) is 5.28. The number of nitrogens with zero attached hydrogens (tertiary/aromatic N) is 1. The first kappa shape index (κ1) is 17.0. The summed E-state index contributed by atoms with van der Waals surface area (Å²) in [4.78, 5) is 0. The number of rotatable bonds is 6. The maximum atomic E-state index is 11.9. The molecule has 0 fully saturated rings. The van der Waals surface area contributed by atoms with Crippen LogP contribution in [0.25, 0.3) is 0 Å². The van der Waals surface area contributed by atoms with Gasteiger partial charge in [-0.05, 0) is 37.0 Å². The van der Waals surface area contributed by atoms with E-state index in [1.165, 1.54) is 4.31 Å². The van der Waals surface area contributed by atoms with E-state index in [4.69, 9.17) is 0 Å². The van der Waals surface area contributed by atoms with Gasteiger partial charge in [0.2, 0.25) is 10.0 Å². The Balaban J connectivity index is 2.30. The smallest absolute Gasteiger partial charge is 0.271 e. The van der Waals surface area contributed by atoms with Crippen LogP contribution in [-0.2, 0) is 26.7 Å². The van der Waals surface area contributed by atoms with Crippen molar-refractivity contribution in [1.82, 2.24) is 4.72 Å². The highest BCUT2D eigenvalue weighted by Gasteiger charge is 2.24. The van der Waals surface area contributed by atoms with Crippen LogP contribution in [0.5, 0.6) is 0 Å². The topological polar surface area (TPSA) is 95.6 Å². The van der Waals surface area contributed by atoms with Crippen molar-refractivity contribution < 1.29 is 16.8 Å². The zero-order valence-corrected chi connectivity index (χ0v) is 14.3. The summed E-state index contributed by atoms with van der Waals surface area (Å²) in [5.41, 5.74) is 1.79. The molecule has 0 unspecified atom stereocenters. The number of sulfonamides is 1. The Bertz CT molecular complexity index is 745. The van der Waals surface area contributed by atoms with Gasteiger partial charge in [-0.3, -0.25) is 9.03 Å². The molecule has 0 saturated carbocycles. The molecular formula is C13H21N3O4S2. The summed E-state index contributed by atoms with van der Waals surface area (Å²) in [5.74, 6) is 0. The van der Waals surface area contributed by atoms with E-state index in [-0.39, 0.29) is 0 Å². The van der Waals surface area contributed by atoms with Crippen LogP contribution in [0.15, 0.2) is 18.2 Å². The molecule has 22 heavy (non-hydrogen) atoms. The fourth-order valence-corrected chi connectivity index (χ4v) is 4.35. The molecule has 2 rings (SSSR count). The molecule has 2 N–H and O–H groups in total. The molecule has 0 spiro atoms. The third-order valence-corrected chi connectivity index (χ3v) is 5.62. The predicted octanol–water partition coefficient (Wildman–Crippen LogP) is 1.06. The molecule has 7 nitrogen and oxygen atoms in total. The van der Waals surface area contributed by atoms with E-state index >= 15 is 0 Å². The van der Waals surface area contributed by atoms with E-state index in [2.05, 4.69) is 9.44 Å². The van der Waals surface area contributed by atoms with Crippen molar-refractivity contribution in [3.05, 3.63) is 23.8 Å². The van der Waals surface area contributed by atoms with Crippen molar-refractivity contribution in [2.75, 3.05) is 28.4 Å². The largest absolute Gasteiger partial charge is 0.299 e. The number of aryl methyl sites for hydroxylation is 1. The Labute approximate surface area is 131 Å². The van der Waals surface area contributed by atoms with Gasteiger partial charge in [0, 0.05) is 13.1 Å². The van der Waals surface area contributed by atoms with Crippen molar-refractivity contribution in [3.63, 3.8) is 0 Å². The minimum absolute atomic E-state index is 0.343. The van der Waals surface area contributed by atoms with Crippen molar-refractivity contribution in [2.45, 2.75) is 26.2 Å². The molecule has 0 aliphatic carbocycles. The molecule has 9 heteroatoms. The average molecular weight is 347 g/mol. The summed E-state index contributed by atoms with van der Waals surface area (Å²) in [7, 11) is -7.02. The van der Waals surface area contributed by atoms with E-state index in [1.54, 1.807) is 18.2 Å². The third kappa shape index (κ3) is 4.11. The second-order valence-corrected chi connectivity index (χ2v) is 8.69. The van der Waals surface area contributed by atoms with E-state index in [9.17, 15) is 16.8 Å². The van der Waals surface area contributed by atoms with E-state index in [1.807, 2.05) is 6.92 Å². The van der Waals surface area contributed by atoms with Gasteiger partial charge in [0.1, 0.15) is 0 Å². The molecular weight excluding hydrogens is 326 g/mol. The molecule has 1 aliphatic rings. The van der Waals surface area contributed by atoms with Crippen molar-refractivity contribution >= 4 is 31.6 Å². The zero-order valence-electron chi connectivity index (χ0n) is 12.7. The SMILES string of the molecule is CCCNS(=O)(=O)Nc1ccc2c(c1)N(S(C)(=O)=O)CCC2. The van der Waals surface area contributed by atoms with E-state index in [0.29, 0.717) is 30.9 Å². The summed E-state index contributed by atoms with van der Waals surface area (Å²) in [6, 6.07) is 4.99. The summed E-state index contributed by atoms with van der Waals surface area (Å²) < 4.78 is 53.6. The van der Waals surface area contributed by atoms with Gasteiger partial charge in [-0.25, -0.2) is 8.42 Å². The van der Waals surface area contributed by atoms with Gasteiger partial charge in [-0.2, -0.15) is 13.1 Å². The summed E-state index contributed by atoms with van der Waals surface area (Å²) >= 11 is 0. The minimum atomic E-state index is -3.64. The highest BCUT2D eigenvalue weighted by Crippen LogP contribution is 2.31. The highest BCUT2D eigenvalue weighted by molar-refractivity contribution is 7.92. The van der Waals surface area contributed by atoms with Gasteiger partial charge in [0.25, 0.3) is 10.2 Å². The predicted molar refractivity (Wildman–Crippen MR) is 87.8 cm³/mol. The van der Waals surface area contributed by atoms with Crippen LogP contribution in [-0.4, -0.2) is 36.2 Å². The van der Waals surface area contributed by atoms with Crippen molar-refractivity contribution in [1.29, 1.82) is 0 Å². The molecule has 1 aromatic carbocycles. The highest BCUT2D eigenvalue weighted by atomic mass is 32.2. The number of nitrogens with one attached hydrogen (secondary N) is 2. The Hall–Kier alpha value is -1.32. The molecule has 0 bridgehead atoms. The number of anilines is 2. The molecule has 1 aliphatic heterocycles. The Kier molecular flexibility index (Phi) is 4.98. The molecule has 0 aromatic heterocycles. The van der Waals surface area contributed by atoms with Gasteiger partial charge in [0.15, 0.2) is 0 Å². The summed E-state index contributed by atoms with van der Waals surface area (Å²) in [6.45, 7) is 2.62. The minimum Gasteiger partial charge on any atom is -0.271 e. The fourth-order valence-electron chi connectivity index (χ4n) is 2.38. The molecule has 1 heterocycles. The van der Waals surface area contributed by atoms with Crippen molar-refractivity contribution in [2.24, 2.45) is 0 Å². The number of fused-ring (bicyclic) bond motifs is 1. The van der Waals surface area contributed by atoms with Gasteiger partial charge in [0.05, 0.1) is 17.6 Å². The first-order valence-corrected chi connectivity index (χ1v) is 10.4. The maximum absolute atomic E-state index is 11.9. The normalized spacial score (nSPS) is 15.5. The average Bonchev–Trinajstić information content (AvgIpc) is 2.43. The van der Waals surface area contributed by atoms with E-state index in [0.717, 1.165) is 24.7 Å². The van der Waals surface area contributed by atoms with Gasteiger partial charge in [-0.1, -0.05) is 13.0 Å². The first-order valence-electron chi connectivity index (χ1n) is 7.11. The molecule has 1 aromatic rings. The number of benzene rings is 1. The molecule has 0 radical (unpaired) electrons. The number of hydrogen-bond acceptors (Lipinski definition) is 4. The fraction of sp³-hybridized carbons (Fsp3) is 0.538. The van der Waals surface area contributed by atoms with Crippen LogP contribution in [0.2, 0.25) is 0 Å². The Morgan fingerprint density at radius 1 is 1.23 bits per heavy atom. The lowest BCUT2D eigenvalue weighted by Gasteiger charge is -2.29. The van der Waals surface area contributed by atoms with Crippen LogP contribution < -0.4 is 13.7 Å². The third-order valence-electron chi connectivity index (χ3n) is 3.36. The van der Waals surface area contributed by atoms with E-state index < -0.39 is 20.2 Å². The standard InChI is InChI=1S/C13H21N3O4S2/c1-3-8-14-22(19,20)15-12-7-6-11-5-4-9-16(13(11)10-12)21(2,17)18/h6-7,10,14-15H,3-5,8-9H2,1-2H3. The lowest BCUT2D eigenvalue weighted by Crippen LogP contribution is -2.35. The summed E-state index contributed by atoms with van der Waals surface area (Å²) in [6.07, 6.45) is 3.38. The summed E-state index contributed by atoms with van der Waals surface area (Å²) in [5, 5.41) is 0. The Morgan fingerprint density at radius 3 is 2.59 bits per heavy atom. The number of hydrogen-bond donors (Lipinski definition) is 2. The molecule has 0 amide bonds. The van der Waals surface area contributed by atoms with Gasteiger partial charge in [-0.15, -0.1) is 0 Å². The van der Waals surface area contributed by atoms with Crippen LogP contribution in [0.4, 0.5) is 11.4 Å². The van der Waals surface area contributed by atoms with Crippen LogP contribution in [0.3, 0.4) is 0 Å². The van der Waals surface area contributed by atoms with Crippen LogP contribution >= 0.6 is 0 Å². The second kappa shape index (κ2) is 6.43. The monoisotopic (exact) mass is 347 g/mol. The lowest BCUT2D eigenvalue weighted by atomic mass is 10.0. The first-order chi connectivity index (χ1) is 10.2. The molecule has 0 saturated heterocycles. The zero-order chi connectivity index (χ0) is 16.4. The molecule has 0 atom stereocenters. The van der Waals surface area contributed by atoms with Crippen molar-refractivity contribution in [3.8, 4) is 0 Å². The maximum Gasteiger partial charge on any atom is 0.299 e. The van der Waals surface area contributed by atoms with Crippen LogP contribution in [0.1, 0.15) is 25.3 Å². The van der Waals surface area contributed by atoms with Gasteiger partial charge >= 0.3 is 0 Å². The quantitative estimate of drug-likeness (QED) is 0.804. The van der Waals surface area contributed by atoms with Gasteiger partial charge < -0.3 is 0 Å². The van der Waals surface area contributed by atoms with Crippen LogP contribution in [0, 0.1) is 0 Å². The molecule has 124 valence electrons. The Morgan fingerprint density at radius 2 is 1.95 bits per heavy atom. The lowest BCUT2D eigenvalue weighted by molar-refractivity contribution is 0.586.